The van der Waals surface area contributed by atoms with Crippen molar-refractivity contribution in [2.45, 2.75) is 50.3 Å². The zero-order valence-electron chi connectivity index (χ0n) is 12.3. The lowest BCUT2D eigenvalue weighted by molar-refractivity contribution is -0.148. The zero-order valence-corrected chi connectivity index (χ0v) is 12.3. The number of carbonyl (C=O) groups is 1. The molecule has 3 atom stereocenters. The molecule has 1 saturated carbocycles. The number of hydrogen-bond donors (Lipinski definition) is 1. The number of nitrogens with zero attached hydrogens (tertiary/aromatic N) is 1. The molecular weight excluding hydrogens is 244 g/mol. The minimum Gasteiger partial charge on any atom is -0.468 e. The molecule has 3 unspecified atom stereocenters. The Morgan fingerprint density at radius 1 is 1.58 bits per heavy atom. The average molecular weight is 270 g/mol. The van der Waals surface area contributed by atoms with E-state index in [0.717, 1.165) is 45.4 Å². The lowest BCUT2D eigenvalue weighted by Crippen LogP contribution is -2.52. The maximum Gasteiger partial charge on any atom is 0.326 e. The van der Waals surface area contributed by atoms with Crippen LogP contribution in [0.25, 0.3) is 0 Å². The van der Waals surface area contributed by atoms with Gasteiger partial charge in [0.2, 0.25) is 0 Å². The Balaban J connectivity index is 1.98. The fourth-order valence-corrected chi connectivity index (χ4v) is 3.36. The highest BCUT2D eigenvalue weighted by Crippen LogP contribution is 2.34. The van der Waals surface area contributed by atoms with Gasteiger partial charge in [0.05, 0.1) is 19.8 Å². The number of hydrogen-bond acceptors (Lipinski definition) is 5. The first-order valence-corrected chi connectivity index (χ1v) is 7.28. The molecule has 0 aromatic carbocycles. The quantitative estimate of drug-likeness (QED) is 0.765. The average Bonchev–Trinajstić information content (AvgIpc) is 2.92. The molecule has 5 nitrogen and oxygen atoms in total. The van der Waals surface area contributed by atoms with Crippen molar-refractivity contribution in [2.24, 2.45) is 0 Å². The van der Waals surface area contributed by atoms with Gasteiger partial charge >= 0.3 is 5.97 Å². The Labute approximate surface area is 115 Å². The van der Waals surface area contributed by atoms with Crippen LogP contribution in [0.4, 0.5) is 0 Å². The van der Waals surface area contributed by atoms with Gasteiger partial charge in [0.25, 0.3) is 0 Å². The molecule has 2 rings (SSSR count). The van der Waals surface area contributed by atoms with Gasteiger partial charge in [0, 0.05) is 19.1 Å². The summed E-state index contributed by atoms with van der Waals surface area (Å²) in [7, 11) is 3.32. The second-order valence-electron chi connectivity index (χ2n) is 5.62. The summed E-state index contributed by atoms with van der Waals surface area (Å²) in [5.74, 6) is -0.127. The van der Waals surface area contributed by atoms with E-state index in [1.807, 2.05) is 7.05 Å². The lowest BCUT2D eigenvalue weighted by atomic mass is 9.97. The molecule has 0 radical (unpaired) electrons. The predicted octanol–water partition coefficient (Wildman–Crippen LogP) is 0.781. The van der Waals surface area contributed by atoms with Gasteiger partial charge in [-0.3, -0.25) is 9.69 Å². The largest absolute Gasteiger partial charge is 0.468 e. The number of ether oxygens (including phenoxy) is 2. The summed E-state index contributed by atoms with van der Waals surface area (Å²) in [5, 5.41) is 3.19. The van der Waals surface area contributed by atoms with Crippen molar-refractivity contribution >= 4 is 5.97 Å². The van der Waals surface area contributed by atoms with Crippen LogP contribution in [-0.4, -0.2) is 62.4 Å². The highest BCUT2D eigenvalue weighted by molar-refractivity contribution is 5.81. The van der Waals surface area contributed by atoms with Gasteiger partial charge in [-0.15, -0.1) is 0 Å². The molecule has 0 amide bonds. The summed E-state index contributed by atoms with van der Waals surface area (Å²) in [6.07, 6.45) is 4.14. The van der Waals surface area contributed by atoms with E-state index in [-0.39, 0.29) is 5.97 Å². The van der Waals surface area contributed by atoms with E-state index in [2.05, 4.69) is 17.1 Å². The summed E-state index contributed by atoms with van der Waals surface area (Å²) in [6.45, 7) is 4.93. The standard InChI is InChI=1S/C14H26N2O3/c1-4-12-10-16(7-8-19-12)11-5-6-14(9-11,15-2)13(17)18-3/h11-12,15H,4-10H2,1-3H3. The molecule has 5 heteroatoms. The van der Waals surface area contributed by atoms with Crippen LogP contribution in [0.1, 0.15) is 32.6 Å². The van der Waals surface area contributed by atoms with Crippen LogP contribution in [0.2, 0.25) is 0 Å². The highest BCUT2D eigenvalue weighted by Gasteiger charge is 2.47. The molecule has 1 aliphatic carbocycles. The van der Waals surface area contributed by atoms with Crippen molar-refractivity contribution in [1.29, 1.82) is 0 Å². The van der Waals surface area contributed by atoms with E-state index in [4.69, 9.17) is 9.47 Å². The third kappa shape index (κ3) is 2.93. The van der Waals surface area contributed by atoms with Crippen LogP contribution in [0.15, 0.2) is 0 Å². The molecular formula is C14H26N2O3. The van der Waals surface area contributed by atoms with Crippen LogP contribution >= 0.6 is 0 Å². The van der Waals surface area contributed by atoms with Gasteiger partial charge in [0.15, 0.2) is 0 Å². The van der Waals surface area contributed by atoms with Gasteiger partial charge in [-0.2, -0.15) is 0 Å². The Kier molecular flexibility index (Phi) is 4.81. The van der Waals surface area contributed by atoms with Gasteiger partial charge in [-0.05, 0) is 32.7 Å². The van der Waals surface area contributed by atoms with E-state index in [1.165, 1.54) is 7.11 Å². The highest BCUT2D eigenvalue weighted by atomic mass is 16.5. The third-order valence-electron chi connectivity index (χ3n) is 4.69. The topological polar surface area (TPSA) is 50.8 Å². The Hall–Kier alpha value is -0.650. The normalized spacial score (nSPS) is 36.4. The zero-order chi connectivity index (χ0) is 13.9. The number of esters is 1. The summed E-state index contributed by atoms with van der Waals surface area (Å²) in [4.78, 5) is 14.5. The summed E-state index contributed by atoms with van der Waals surface area (Å²) in [6, 6.07) is 0.462. The summed E-state index contributed by atoms with van der Waals surface area (Å²) >= 11 is 0. The minimum atomic E-state index is -0.487. The van der Waals surface area contributed by atoms with E-state index < -0.39 is 5.54 Å². The number of likely N-dealkylation sites (N-methyl/N-ethyl adjacent to an activating group) is 1. The van der Waals surface area contributed by atoms with Gasteiger partial charge in [0.1, 0.15) is 5.54 Å². The smallest absolute Gasteiger partial charge is 0.326 e. The first kappa shape index (κ1) is 14.8. The number of nitrogens with one attached hydrogen (secondary N) is 1. The van der Waals surface area contributed by atoms with Crippen molar-refractivity contribution in [3.05, 3.63) is 0 Å². The maximum absolute atomic E-state index is 12.0. The van der Waals surface area contributed by atoms with Crippen LogP contribution in [0.5, 0.6) is 0 Å². The molecule has 0 spiro atoms. The predicted molar refractivity (Wildman–Crippen MR) is 73.0 cm³/mol. The molecule has 1 saturated heterocycles. The van der Waals surface area contributed by atoms with Crippen LogP contribution in [0.3, 0.4) is 0 Å². The minimum absolute atomic E-state index is 0.127. The van der Waals surface area contributed by atoms with Crippen molar-refractivity contribution in [2.75, 3.05) is 33.9 Å². The molecule has 0 aromatic rings. The van der Waals surface area contributed by atoms with Crippen molar-refractivity contribution in [1.82, 2.24) is 10.2 Å². The molecule has 2 aliphatic rings. The van der Waals surface area contributed by atoms with Gasteiger partial charge in [-0.1, -0.05) is 6.92 Å². The molecule has 0 bridgehead atoms. The van der Waals surface area contributed by atoms with Gasteiger partial charge in [-0.25, -0.2) is 0 Å². The maximum atomic E-state index is 12.0. The lowest BCUT2D eigenvalue weighted by Gasteiger charge is -2.37. The van der Waals surface area contributed by atoms with E-state index >= 15 is 0 Å². The van der Waals surface area contributed by atoms with Crippen molar-refractivity contribution in [3.8, 4) is 0 Å². The first-order chi connectivity index (χ1) is 9.15. The number of rotatable bonds is 4. The third-order valence-corrected chi connectivity index (χ3v) is 4.69. The molecule has 1 aliphatic heterocycles. The molecule has 1 heterocycles. The SMILES string of the molecule is CCC1CN(C2CCC(NC)(C(=O)OC)C2)CCO1. The molecule has 0 aromatic heterocycles. The Morgan fingerprint density at radius 2 is 2.37 bits per heavy atom. The number of morpholine rings is 1. The van der Waals surface area contributed by atoms with Crippen LogP contribution in [0, 0.1) is 0 Å². The molecule has 2 fully saturated rings. The van der Waals surface area contributed by atoms with Gasteiger partial charge < -0.3 is 14.8 Å². The molecule has 110 valence electrons. The number of methoxy groups -OCH3 is 1. The van der Waals surface area contributed by atoms with Crippen molar-refractivity contribution in [3.63, 3.8) is 0 Å². The molecule has 19 heavy (non-hydrogen) atoms. The summed E-state index contributed by atoms with van der Waals surface area (Å²) in [5.41, 5.74) is -0.487. The first-order valence-electron chi connectivity index (χ1n) is 7.28. The van der Waals surface area contributed by atoms with Crippen LogP contribution in [-0.2, 0) is 14.3 Å². The van der Waals surface area contributed by atoms with E-state index in [0.29, 0.717) is 12.1 Å². The monoisotopic (exact) mass is 270 g/mol. The Morgan fingerprint density at radius 3 is 3.00 bits per heavy atom. The molecule has 1 N–H and O–H groups in total. The fraction of sp³-hybridized carbons (Fsp3) is 0.929. The summed E-state index contributed by atoms with van der Waals surface area (Å²) < 4.78 is 10.7. The van der Waals surface area contributed by atoms with Crippen LogP contribution < -0.4 is 5.32 Å². The Bertz CT molecular complexity index is 324. The van der Waals surface area contributed by atoms with E-state index in [1.54, 1.807) is 0 Å². The second kappa shape index (κ2) is 6.20. The van der Waals surface area contributed by atoms with Crippen molar-refractivity contribution < 1.29 is 14.3 Å². The second-order valence-corrected chi connectivity index (χ2v) is 5.62. The van der Waals surface area contributed by atoms with E-state index in [9.17, 15) is 4.79 Å². The fourth-order valence-electron chi connectivity index (χ4n) is 3.36. The number of carbonyl (C=O) groups excluding carboxylic acids is 1.